The molecule has 0 aliphatic carbocycles. The second-order valence-corrected chi connectivity index (χ2v) is 6.81. The Labute approximate surface area is 149 Å². The van der Waals surface area contributed by atoms with Crippen molar-refractivity contribution in [1.29, 1.82) is 0 Å². The zero-order valence-corrected chi connectivity index (χ0v) is 14.2. The van der Waals surface area contributed by atoms with Crippen LogP contribution in [0.5, 0.6) is 0 Å². The first kappa shape index (κ1) is 15.2. The molecule has 0 bridgehead atoms. The first-order chi connectivity index (χ1) is 12.6. The predicted octanol–water partition coefficient (Wildman–Crippen LogP) is 4.20. The number of fused-ring (bicyclic) bond motifs is 5. The highest BCUT2D eigenvalue weighted by atomic mass is 32.1. The van der Waals surface area contributed by atoms with E-state index >= 15 is 0 Å². The molecule has 0 fully saturated rings. The van der Waals surface area contributed by atoms with Gasteiger partial charge < -0.3 is 0 Å². The second-order valence-electron chi connectivity index (χ2n) is 5.81. The molecule has 0 N–H and O–H groups in total. The lowest BCUT2D eigenvalue weighted by molar-refractivity contribution is 0.146. The Balaban J connectivity index is 1.82. The van der Waals surface area contributed by atoms with Gasteiger partial charge in [-0.25, -0.2) is 28.2 Å². The number of alkyl halides is 2. The average molecular weight is 368 g/mol. The molecular weight excluding hydrogens is 358 g/mol. The van der Waals surface area contributed by atoms with Gasteiger partial charge in [-0.2, -0.15) is 0 Å². The van der Waals surface area contributed by atoms with Crippen LogP contribution in [-0.4, -0.2) is 29.5 Å². The summed E-state index contributed by atoms with van der Waals surface area (Å²) >= 11 is 1.30. The Hall–Kier alpha value is -3.07. The molecule has 0 saturated carbocycles. The first-order valence-corrected chi connectivity index (χ1v) is 8.57. The van der Waals surface area contributed by atoms with Gasteiger partial charge in [0.2, 0.25) is 0 Å². The van der Waals surface area contributed by atoms with Crippen molar-refractivity contribution >= 4 is 37.4 Å². The van der Waals surface area contributed by atoms with Gasteiger partial charge in [-0.05, 0) is 30.7 Å². The molecule has 0 unspecified atom stereocenters. The van der Waals surface area contributed by atoms with Crippen LogP contribution >= 0.6 is 11.3 Å². The van der Waals surface area contributed by atoms with Crippen molar-refractivity contribution in [3.05, 3.63) is 48.2 Å². The van der Waals surface area contributed by atoms with E-state index in [0.717, 1.165) is 21.2 Å². The number of nitrogens with zero attached hydrogens (tertiary/aromatic N) is 6. The van der Waals surface area contributed by atoms with Crippen molar-refractivity contribution in [2.24, 2.45) is 0 Å². The number of aromatic nitrogens is 6. The largest absolute Gasteiger partial charge is 0.280 e. The third-order valence-electron chi connectivity index (χ3n) is 4.13. The molecule has 0 radical (unpaired) electrons. The number of pyridine rings is 2. The van der Waals surface area contributed by atoms with Crippen molar-refractivity contribution < 1.29 is 8.78 Å². The molecule has 0 amide bonds. The molecular formula is C17H10F2N6S. The summed E-state index contributed by atoms with van der Waals surface area (Å²) < 4.78 is 28.5. The van der Waals surface area contributed by atoms with Gasteiger partial charge in [-0.3, -0.25) is 4.98 Å². The van der Waals surface area contributed by atoms with Gasteiger partial charge >= 0.3 is 0 Å². The molecule has 0 aromatic carbocycles. The van der Waals surface area contributed by atoms with Crippen LogP contribution in [0.2, 0.25) is 0 Å². The lowest BCUT2D eigenvalue weighted by atomic mass is 10.1. The van der Waals surface area contributed by atoms with Crippen molar-refractivity contribution in [3.63, 3.8) is 0 Å². The Bertz CT molecular complexity index is 1280. The Morgan fingerprint density at radius 2 is 2.12 bits per heavy atom. The summed E-state index contributed by atoms with van der Waals surface area (Å²) in [6.45, 7) is 1.79. The molecule has 0 spiro atoms. The number of thiophene rings is 1. The average Bonchev–Trinajstić information content (AvgIpc) is 3.23. The minimum absolute atomic E-state index is 0.227. The number of halogens is 2. The van der Waals surface area contributed by atoms with E-state index in [1.165, 1.54) is 17.4 Å². The molecule has 26 heavy (non-hydrogen) atoms. The fourth-order valence-electron chi connectivity index (χ4n) is 2.96. The molecule has 5 aromatic heterocycles. The maximum Gasteiger partial charge on any atom is 0.280 e. The van der Waals surface area contributed by atoms with Crippen LogP contribution in [0.4, 0.5) is 8.78 Å². The molecule has 5 rings (SSSR count). The van der Waals surface area contributed by atoms with Crippen LogP contribution in [0, 0.1) is 6.92 Å². The summed E-state index contributed by atoms with van der Waals surface area (Å²) in [5.74, 6) is 0.530. The normalized spacial score (nSPS) is 12.0. The minimum atomic E-state index is -2.61. The molecule has 5 heterocycles. The van der Waals surface area contributed by atoms with E-state index in [-0.39, 0.29) is 5.69 Å². The fourth-order valence-corrected chi connectivity index (χ4v) is 4.15. The Kier molecular flexibility index (Phi) is 3.20. The van der Waals surface area contributed by atoms with Crippen molar-refractivity contribution in [2.75, 3.05) is 0 Å². The molecule has 0 aliphatic heterocycles. The van der Waals surface area contributed by atoms with Gasteiger partial charge in [0.15, 0.2) is 11.5 Å². The molecule has 0 saturated heterocycles. The number of rotatable bonds is 2. The van der Waals surface area contributed by atoms with Crippen LogP contribution in [0.15, 0.2) is 36.9 Å². The third kappa shape index (κ3) is 2.17. The van der Waals surface area contributed by atoms with Crippen molar-refractivity contribution in [1.82, 2.24) is 29.5 Å². The van der Waals surface area contributed by atoms with E-state index in [2.05, 4.69) is 25.0 Å². The molecule has 128 valence electrons. The highest BCUT2D eigenvalue weighted by Gasteiger charge is 2.19. The van der Waals surface area contributed by atoms with E-state index < -0.39 is 6.43 Å². The van der Waals surface area contributed by atoms with Crippen LogP contribution in [-0.2, 0) is 0 Å². The maximum absolute atomic E-state index is 13.1. The highest BCUT2D eigenvalue weighted by molar-refractivity contribution is 7.26. The lowest BCUT2D eigenvalue weighted by Crippen LogP contribution is -1.92. The summed E-state index contributed by atoms with van der Waals surface area (Å²) in [6.07, 6.45) is 2.34. The second kappa shape index (κ2) is 5.46. The summed E-state index contributed by atoms with van der Waals surface area (Å²) in [7, 11) is 0. The van der Waals surface area contributed by atoms with Gasteiger partial charge in [-0.15, -0.1) is 16.4 Å². The van der Waals surface area contributed by atoms with Gasteiger partial charge in [0.05, 0.1) is 5.52 Å². The standard InChI is InChI=1S/C17H10F2N6S/c1-8-5-10(14(18)19)22-17-11(8)12-13(26-17)16-23-15(24-25(16)7-21-12)9-3-2-4-20-6-9/h2-7,14H,1H3. The van der Waals surface area contributed by atoms with Gasteiger partial charge in [-0.1, -0.05) is 0 Å². The number of hydrogen-bond acceptors (Lipinski definition) is 6. The smallest absolute Gasteiger partial charge is 0.264 e. The monoisotopic (exact) mass is 368 g/mol. The maximum atomic E-state index is 13.1. The van der Waals surface area contributed by atoms with Crippen LogP contribution < -0.4 is 0 Å². The van der Waals surface area contributed by atoms with Gasteiger partial charge in [0.1, 0.15) is 21.6 Å². The molecule has 0 aliphatic rings. The van der Waals surface area contributed by atoms with E-state index in [1.54, 1.807) is 30.2 Å². The molecule has 6 nitrogen and oxygen atoms in total. The predicted molar refractivity (Wildman–Crippen MR) is 94.4 cm³/mol. The Morgan fingerprint density at radius 1 is 1.23 bits per heavy atom. The SMILES string of the molecule is Cc1cc(C(F)F)nc2sc3c(ncn4nc(-c5cccnc5)nc34)c12. The van der Waals surface area contributed by atoms with Gasteiger partial charge in [0.25, 0.3) is 6.43 Å². The molecule has 5 aromatic rings. The van der Waals surface area contributed by atoms with E-state index in [1.807, 2.05) is 12.1 Å². The summed E-state index contributed by atoms with van der Waals surface area (Å²) in [6, 6.07) is 5.10. The summed E-state index contributed by atoms with van der Waals surface area (Å²) in [5, 5.41) is 5.22. The number of hydrogen-bond donors (Lipinski definition) is 0. The lowest BCUT2D eigenvalue weighted by Gasteiger charge is -2.01. The zero-order chi connectivity index (χ0) is 17.8. The summed E-state index contributed by atoms with van der Waals surface area (Å²) in [5.41, 5.74) is 2.61. The third-order valence-corrected chi connectivity index (χ3v) is 5.20. The quantitative estimate of drug-likeness (QED) is 0.467. The fraction of sp³-hybridized carbons (Fsp3) is 0.118. The van der Waals surface area contributed by atoms with Crippen molar-refractivity contribution in [2.45, 2.75) is 13.3 Å². The molecule has 9 heteroatoms. The zero-order valence-electron chi connectivity index (χ0n) is 13.4. The van der Waals surface area contributed by atoms with Crippen LogP contribution in [0.1, 0.15) is 17.7 Å². The highest BCUT2D eigenvalue weighted by Crippen LogP contribution is 2.37. The van der Waals surface area contributed by atoms with Crippen LogP contribution in [0.3, 0.4) is 0 Å². The number of aryl methyl sites for hydroxylation is 1. The van der Waals surface area contributed by atoms with E-state index in [4.69, 9.17) is 0 Å². The van der Waals surface area contributed by atoms with E-state index in [9.17, 15) is 8.78 Å². The van der Waals surface area contributed by atoms with E-state index in [0.29, 0.717) is 21.8 Å². The molecule has 0 atom stereocenters. The van der Waals surface area contributed by atoms with Gasteiger partial charge in [0, 0.05) is 23.3 Å². The first-order valence-electron chi connectivity index (χ1n) is 7.75. The summed E-state index contributed by atoms with van der Waals surface area (Å²) in [4.78, 5) is 17.8. The minimum Gasteiger partial charge on any atom is -0.264 e. The van der Waals surface area contributed by atoms with Crippen LogP contribution in [0.25, 0.3) is 37.5 Å². The topological polar surface area (TPSA) is 68.9 Å². The Morgan fingerprint density at radius 3 is 2.88 bits per heavy atom. The van der Waals surface area contributed by atoms with Crippen molar-refractivity contribution in [3.8, 4) is 11.4 Å².